The van der Waals surface area contributed by atoms with Crippen LogP contribution in [0.1, 0.15) is 34.7 Å². The second-order valence-electron chi connectivity index (χ2n) is 10.6. The summed E-state index contributed by atoms with van der Waals surface area (Å²) in [6, 6.07) is 15.9. The van der Waals surface area contributed by atoms with Crippen molar-refractivity contribution in [1.82, 2.24) is 41.0 Å². The minimum Gasteiger partial charge on any atom is -0.492 e. The van der Waals surface area contributed by atoms with Crippen molar-refractivity contribution in [2.75, 3.05) is 19.8 Å². The van der Waals surface area contributed by atoms with Crippen LogP contribution in [0.2, 0.25) is 0 Å². The van der Waals surface area contributed by atoms with Gasteiger partial charge >= 0.3 is 0 Å². The number of hydrogen-bond acceptors (Lipinski definition) is 9. The molecule has 46 heavy (non-hydrogen) atoms. The SMILES string of the molecule is C[C@@H]1NC(=O)[C@H](CO)NC(=O)[C@@H](NC(=O)c2ccncc2)Cc2ccc(cc2)OCCNC(=O)Cn2nc(-c3ccccc3)nc21. The molecule has 0 aliphatic carbocycles. The predicted molar refractivity (Wildman–Crippen MR) is 165 cm³/mol. The average Bonchev–Trinajstić information content (AvgIpc) is 3.50. The molecule has 2 bridgehead atoms. The summed E-state index contributed by atoms with van der Waals surface area (Å²) in [6.45, 7) is 1.19. The van der Waals surface area contributed by atoms with Crippen LogP contribution >= 0.6 is 0 Å². The van der Waals surface area contributed by atoms with Crippen molar-refractivity contribution in [1.29, 1.82) is 0 Å². The second kappa shape index (κ2) is 14.9. The van der Waals surface area contributed by atoms with Crippen LogP contribution in [-0.2, 0) is 27.3 Å². The number of pyridine rings is 1. The summed E-state index contributed by atoms with van der Waals surface area (Å²) in [5, 5.41) is 25.5. The highest BCUT2D eigenvalue weighted by molar-refractivity contribution is 5.98. The Balaban J connectivity index is 1.42. The summed E-state index contributed by atoms with van der Waals surface area (Å²) in [6.07, 6.45) is 3.01. The van der Waals surface area contributed by atoms with Crippen molar-refractivity contribution in [3.05, 3.63) is 96.1 Å². The van der Waals surface area contributed by atoms with E-state index in [2.05, 4.69) is 36.3 Å². The molecule has 2 aromatic heterocycles. The molecule has 6 rings (SSSR count). The highest BCUT2D eigenvalue weighted by Crippen LogP contribution is 2.19. The lowest BCUT2D eigenvalue weighted by molar-refractivity contribution is -0.131. The molecule has 0 unspecified atom stereocenters. The zero-order valence-electron chi connectivity index (χ0n) is 25.1. The Bertz CT molecular complexity index is 1660. The van der Waals surface area contributed by atoms with E-state index in [4.69, 9.17) is 4.74 Å². The summed E-state index contributed by atoms with van der Waals surface area (Å²) < 4.78 is 7.17. The first-order valence-electron chi connectivity index (χ1n) is 14.7. The molecular formula is C32H34N8O6. The molecule has 5 N–H and O–H groups in total. The molecular weight excluding hydrogens is 592 g/mol. The summed E-state index contributed by atoms with van der Waals surface area (Å²) in [4.78, 5) is 61.2. The number of nitrogens with zero attached hydrogens (tertiary/aromatic N) is 4. The summed E-state index contributed by atoms with van der Waals surface area (Å²) in [7, 11) is 0. The Morgan fingerprint density at radius 2 is 1.74 bits per heavy atom. The van der Waals surface area contributed by atoms with E-state index in [9.17, 15) is 24.3 Å². The first-order chi connectivity index (χ1) is 22.3. The molecule has 0 spiro atoms. The topological polar surface area (TPSA) is 189 Å². The molecule has 0 radical (unpaired) electrons. The first kappa shape index (κ1) is 31.8. The third-order valence-electron chi connectivity index (χ3n) is 7.21. The van der Waals surface area contributed by atoms with E-state index >= 15 is 0 Å². The predicted octanol–water partition coefficient (Wildman–Crippen LogP) is 0.544. The molecule has 14 heteroatoms. The Kier molecular flexibility index (Phi) is 10.3. The number of benzene rings is 2. The van der Waals surface area contributed by atoms with Crippen LogP contribution < -0.4 is 26.0 Å². The van der Waals surface area contributed by atoms with Gasteiger partial charge in [-0.3, -0.25) is 24.2 Å². The van der Waals surface area contributed by atoms with Gasteiger partial charge in [-0.05, 0) is 36.8 Å². The first-order valence-corrected chi connectivity index (χ1v) is 14.7. The number of rotatable bonds is 4. The van der Waals surface area contributed by atoms with Gasteiger partial charge in [0, 0.05) is 29.9 Å². The van der Waals surface area contributed by atoms with Gasteiger partial charge in [-0.25, -0.2) is 9.67 Å². The van der Waals surface area contributed by atoms with E-state index in [0.717, 1.165) is 0 Å². The van der Waals surface area contributed by atoms with Gasteiger partial charge in [0.25, 0.3) is 5.91 Å². The maximum atomic E-state index is 13.5. The third kappa shape index (κ3) is 8.09. The number of carbonyl (C=O) groups is 4. The lowest BCUT2D eigenvalue weighted by atomic mass is 10.0. The number of nitrogens with one attached hydrogen (secondary N) is 4. The zero-order chi connectivity index (χ0) is 32.5. The molecule has 14 nitrogen and oxygen atoms in total. The number of aliphatic hydroxyl groups is 1. The molecule has 0 fully saturated rings. The van der Waals surface area contributed by atoms with Gasteiger partial charge in [0.15, 0.2) is 5.82 Å². The number of carbonyl (C=O) groups excluding carboxylic acids is 4. The minimum absolute atomic E-state index is 0.0839. The van der Waals surface area contributed by atoms with Crippen LogP contribution in [-0.4, -0.2) is 80.3 Å². The summed E-state index contributed by atoms with van der Waals surface area (Å²) >= 11 is 0. The van der Waals surface area contributed by atoms with Crippen molar-refractivity contribution in [3.8, 4) is 17.1 Å². The molecule has 3 atom stereocenters. The van der Waals surface area contributed by atoms with E-state index in [1.54, 1.807) is 31.2 Å². The molecule has 2 aromatic carbocycles. The van der Waals surface area contributed by atoms with Crippen molar-refractivity contribution in [3.63, 3.8) is 0 Å². The summed E-state index contributed by atoms with van der Waals surface area (Å²) in [5.74, 6) is -1.02. The maximum Gasteiger partial charge on any atom is 0.252 e. The molecule has 0 saturated carbocycles. The number of ether oxygens (including phenoxy) is 1. The molecule has 4 aromatic rings. The molecule has 0 saturated heterocycles. The monoisotopic (exact) mass is 626 g/mol. The maximum absolute atomic E-state index is 13.5. The fraction of sp³-hybridized carbons (Fsp3) is 0.281. The molecule has 2 aliphatic rings. The molecule has 4 amide bonds. The van der Waals surface area contributed by atoms with Gasteiger partial charge in [-0.15, -0.1) is 0 Å². The van der Waals surface area contributed by atoms with Crippen molar-refractivity contribution < 1.29 is 29.0 Å². The van der Waals surface area contributed by atoms with Gasteiger partial charge in [-0.1, -0.05) is 42.5 Å². The van der Waals surface area contributed by atoms with Crippen LogP contribution in [0.15, 0.2) is 79.1 Å². The number of aromatic nitrogens is 4. The summed E-state index contributed by atoms with van der Waals surface area (Å²) in [5.41, 5.74) is 1.72. The fourth-order valence-electron chi connectivity index (χ4n) is 4.81. The second-order valence-corrected chi connectivity index (χ2v) is 10.6. The quantitative estimate of drug-likeness (QED) is 0.215. The Morgan fingerprint density at radius 3 is 2.46 bits per heavy atom. The lowest BCUT2D eigenvalue weighted by Crippen LogP contribution is -2.55. The number of fused-ring (bicyclic) bond motifs is 14. The minimum atomic E-state index is -1.36. The Hall–Kier alpha value is -5.63. The Morgan fingerprint density at radius 1 is 1.00 bits per heavy atom. The van der Waals surface area contributed by atoms with Gasteiger partial charge in [-0.2, -0.15) is 5.10 Å². The van der Waals surface area contributed by atoms with Crippen LogP contribution in [0.4, 0.5) is 0 Å². The van der Waals surface area contributed by atoms with E-state index in [1.807, 2.05) is 30.3 Å². The van der Waals surface area contributed by atoms with Crippen molar-refractivity contribution >= 4 is 23.6 Å². The van der Waals surface area contributed by atoms with Crippen LogP contribution in [0.25, 0.3) is 11.4 Å². The van der Waals surface area contributed by atoms with E-state index in [0.29, 0.717) is 28.3 Å². The lowest BCUT2D eigenvalue weighted by Gasteiger charge is -2.24. The van der Waals surface area contributed by atoms with Gasteiger partial charge < -0.3 is 31.1 Å². The van der Waals surface area contributed by atoms with Gasteiger partial charge in [0.2, 0.25) is 17.7 Å². The zero-order valence-corrected chi connectivity index (χ0v) is 25.1. The smallest absolute Gasteiger partial charge is 0.252 e. The fourth-order valence-corrected chi connectivity index (χ4v) is 4.81. The van der Waals surface area contributed by atoms with E-state index in [1.165, 1.54) is 29.2 Å². The molecule has 2 aliphatic heterocycles. The van der Waals surface area contributed by atoms with Crippen LogP contribution in [0.3, 0.4) is 0 Å². The average molecular weight is 627 g/mol. The van der Waals surface area contributed by atoms with Crippen LogP contribution in [0, 0.1) is 0 Å². The molecule has 4 heterocycles. The van der Waals surface area contributed by atoms with E-state index < -0.39 is 42.5 Å². The normalized spacial score (nSPS) is 19.5. The third-order valence-corrected chi connectivity index (χ3v) is 7.21. The van der Waals surface area contributed by atoms with Crippen molar-refractivity contribution in [2.24, 2.45) is 0 Å². The highest BCUT2D eigenvalue weighted by Gasteiger charge is 2.29. The van der Waals surface area contributed by atoms with Crippen molar-refractivity contribution in [2.45, 2.75) is 38.0 Å². The van der Waals surface area contributed by atoms with Gasteiger partial charge in [0.05, 0.1) is 19.2 Å². The Labute approximate surface area is 264 Å². The number of amides is 4. The standard InChI is InChI=1S/C32H34N8O6/c1-20-29-38-28(22-5-3-2-4-6-22)39-40(29)18-27(42)34-15-16-46-24-9-7-21(8-10-24)17-25(31(44)37-26(19-41)32(45)35-20)36-30(43)23-11-13-33-14-12-23/h2-14,20,25-26,41H,15-19H2,1H3,(H,34,42)(H,35,45)(H,36,43)(H,37,44)/t20-,25-,26-/m0/s1. The largest absolute Gasteiger partial charge is 0.492 e. The van der Waals surface area contributed by atoms with E-state index in [-0.39, 0.29) is 37.8 Å². The number of aliphatic hydroxyl groups excluding tert-OH is 1. The van der Waals surface area contributed by atoms with Crippen LogP contribution in [0.5, 0.6) is 5.75 Å². The van der Waals surface area contributed by atoms with Gasteiger partial charge in [0.1, 0.15) is 36.8 Å². The number of hydrogen-bond donors (Lipinski definition) is 5. The highest BCUT2D eigenvalue weighted by atomic mass is 16.5. The molecule has 238 valence electrons.